The molecule has 1 atom stereocenters. The van der Waals surface area contributed by atoms with Gasteiger partial charge < -0.3 is 5.32 Å². The van der Waals surface area contributed by atoms with Crippen LogP contribution in [-0.2, 0) is 4.79 Å². The van der Waals surface area contributed by atoms with Crippen LogP contribution < -0.4 is 5.32 Å². The minimum atomic E-state index is -0.237. The van der Waals surface area contributed by atoms with Gasteiger partial charge in [0.05, 0.1) is 0 Å². The molecular formula is C19H22FNOS. The highest BCUT2D eigenvalue weighted by Gasteiger charge is 2.10. The molecule has 0 radical (unpaired) electrons. The minimum absolute atomic E-state index is 0.0639. The normalized spacial score (nSPS) is 11.9. The first-order valence-electron chi connectivity index (χ1n) is 7.89. The van der Waals surface area contributed by atoms with Gasteiger partial charge in [-0.2, -0.15) is 0 Å². The molecule has 4 heteroatoms. The number of carbonyl (C=O) groups excluding carboxylic acids is 1. The number of benzene rings is 2. The van der Waals surface area contributed by atoms with Crippen LogP contribution in [0.25, 0.3) is 0 Å². The summed E-state index contributed by atoms with van der Waals surface area (Å²) < 4.78 is 12.8. The molecule has 2 aromatic carbocycles. The smallest absolute Gasteiger partial charge is 0.220 e. The highest BCUT2D eigenvalue weighted by atomic mass is 32.2. The van der Waals surface area contributed by atoms with Crippen LogP contribution in [0.15, 0.2) is 59.5 Å². The highest BCUT2D eigenvalue weighted by Crippen LogP contribution is 2.20. The van der Waals surface area contributed by atoms with Crippen molar-refractivity contribution >= 4 is 17.7 Å². The van der Waals surface area contributed by atoms with E-state index < -0.39 is 0 Å². The summed E-state index contributed by atoms with van der Waals surface area (Å²) in [7, 11) is 0. The predicted molar refractivity (Wildman–Crippen MR) is 94.2 cm³/mol. The Morgan fingerprint density at radius 1 is 1.13 bits per heavy atom. The second-order valence-electron chi connectivity index (χ2n) is 5.37. The summed E-state index contributed by atoms with van der Waals surface area (Å²) >= 11 is 1.57. The molecule has 2 nitrogen and oxygen atoms in total. The van der Waals surface area contributed by atoms with Gasteiger partial charge in [0.15, 0.2) is 0 Å². The molecule has 1 amide bonds. The van der Waals surface area contributed by atoms with Gasteiger partial charge in [0.1, 0.15) is 5.82 Å². The summed E-state index contributed by atoms with van der Waals surface area (Å²) in [6.45, 7) is 2.80. The summed E-state index contributed by atoms with van der Waals surface area (Å²) in [6, 6.07) is 16.6. The van der Waals surface area contributed by atoms with Crippen molar-refractivity contribution in [2.45, 2.75) is 30.6 Å². The number of carbonyl (C=O) groups is 1. The van der Waals surface area contributed by atoms with E-state index in [1.165, 1.54) is 17.7 Å². The number of nitrogens with one attached hydrogen (secondary N) is 1. The number of rotatable bonds is 8. The molecule has 2 rings (SSSR count). The lowest BCUT2D eigenvalue weighted by Crippen LogP contribution is -2.28. The van der Waals surface area contributed by atoms with Gasteiger partial charge in [0.2, 0.25) is 5.91 Å². The molecule has 0 fully saturated rings. The molecule has 0 aliphatic carbocycles. The van der Waals surface area contributed by atoms with Gasteiger partial charge in [-0.1, -0.05) is 37.3 Å². The largest absolute Gasteiger partial charge is 0.355 e. The maximum atomic E-state index is 12.8. The highest BCUT2D eigenvalue weighted by molar-refractivity contribution is 7.99. The van der Waals surface area contributed by atoms with Crippen molar-refractivity contribution < 1.29 is 9.18 Å². The molecule has 122 valence electrons. The topological polar surface area (TPSA) is 29.1 Å². The van der Waals surface area contributed by atoms with Crippen molar-refractivity contribution in [3.8, 4) is 0 Å². The van der Waals surface area contributed by atoms with Crippen molar-refractivity contribution in [3.63, 3.8) is 0 Å². The van der Waals surface area contributed by atoms with Gasteiger partial charge in [-0.15, -0.1) is 11.8 Å². The van der Waals surface area contributed by atoms with Crippen LogP contribution in [0.3, 0.4) is 0 Å². The fraction of sp³-hybridized carbons (Fsp3) is 0.316. The van der Waals surface area contributed by atoms with E-state index in [0.717, 1.165) is 11.3 Å². The van der Waals surface area contributed by atoms with Gasteiger partial charge in [-0.3, -0.25) is 4.79 Å². The fourth-order valence-electron chi connectivity index (χ4n) is 2.34. The minimum Gasteiger partial charge on any atom is -0.355 e. The Hall–Kier alpha value is -1.81. The van der Waals surface area contributed by atoms with Crippen LogP contribution in [-0.4, -0.2) is 18.2 Å². The van der Waals surface area contributed by atoms with E-state index in [-0.39, 0.29) is 11.7 Å². The van der Waals surface area contributed by atoms with E-state index >= 15 is 0 Å². The van der Waals surface area contributed by atoms with Gasteiger partial charge >= 0.3 is 0 Å². The third-order valence-electron chi connectivity index (χ3n) is 3.72. The summed E-state index contributed by atoms with van der Waals surface area (Å²) in [5, 5.41) is 3.02. The van der Waals surface area contributed by atoms with Crippen LogP contribution in [0.5, 0.6) is 0 Å². The number of hydrogen-bond donors (Lipinski definition) is 1. The number of halogens is 1. The lowest BCUT2D eigenvalue weighted by molar-refractivity contribution is -0.120. The Morgan fingerprint density at radius 3 is 2.48 bits per heavy atom. The standard InChI is InChI=1S/C19H22FNOS/c1-2-15(16-6-4-3-5-7-16)14-21-19(22)12-13-23-18-10-8-17(20)9-11-18/h3-11,15H,2,12-14H2,1H3,(H,21,22). The van der Waals surface area contributed by atoms with Crippen molar-refractivity contribution in [2.24, 2.45) is 0 Å². The van der Waals surface area contributed by atoms with Crippen molar-refractivity contribution in [3.05, 3.63) is 66.0 Å². The van der Waals surface area contributed by atoms with Crippen LogP contribution in [0, 0.1) is 5.82 Å². The Kier molecular flexibility index (Phi) is 7.14. The zero-order valence-electron chi connectivity index (χ0n) is 13.3. The quantitative estimate of drug-likeness (QED) is 0.715. The molecule has 2 aromatic rings. The Balaban J connectivity index is 1.71. The van der Waals surface area contributed by atoms with E-state index in [0.29, 0.717) is 24.6 Å². The predicted octanol–water partition coefficient (Wildman–Crippen LogP) is 4.62. The number of hydrogen-bond acceptors (Lipinski definition) is 2. The average Bonchev–Trinajstić information content (AvgIpc) is 2.58. The van der Waals surface area contributed by atoms with E-state index in [4.69, 9.17) is 0 Å². The van der Waals surface area contributed by atoms with Crippen molar-refractivity contribution in [1.82, 2.24) is 5.32 Å². The van der Waals surface area contributed by atoms with E-state index in [2.05, 4.69) is 24.4 Å². The molecule has 1 unspecified atom stereocenters. The first kappa shape index (κ1) is 17.5. The molecule has 0 spiro atoms. The van der Waals surface area contributed by atoms with E-state index in [9.17, 15) is 9.18 Å². The van der Waals surface area contributed by atoms with Gasteiger partial charge in [-0.05, 0) is 36.2 Å². The maximum Gasteiger partial charge on any atom is 0.220 e. The lowest BCUT2D eigenvalue weighted by atomic mass is 9.96. The zero-order valence-corrected chi connectivity index (χ0v) is 14.1. The van der Waals surface area contributed by atoms with Crippen LogP contribution >= 0.6 is 11.8 Å². The molecule has 0 saturated heterocycles. The third-order valence-corrected chi connectivity index (χ3v) is 4.73. The molecule has 1 N–H and O–H groups in total. The van der Waals surface area contributed by atoms with E-state index in [1.807, 2.05) is 18.2 Å². The Bertz CT molecular complexity index is 601. The molecular weight excluding hydrogens is 309 g/mol. The second-order valence-corrected chi connectivity index (χ2v) is 6.54. The van der Waals surface area contributed by atoms with Crippen LogP contribution in [0.4, 0.5) is 4.39 Å². The number of thioether (sulfide) groups is 1. The summed E-state index contributed by atoms with van der Waals surface area (Å²) in [6.07, 6.45) is 1.46. The van der Waals surface area contributed by atoms with E-state index in [1.54, 1.807) is 23.9 Å². The molecule has 0 heterocycles. The molecule has 0 aliphatic heterocycles. The van der Waals surface area contributed by atoms with Crippen molar-refractivity contribution in [1.29, 1.82) is 0 Å². The fourth-order valence-corrected chi connectivity index (χ4v) is 3.19. The Labute approximate surface area is 141 Å². The first-order chi connectivity index (χ1) is 11.2. The second kappa shape index (κ2) is 9.36. The number of amides is 1. The summed E-state index contributed by atoms with van der Waals surface area (Å²) in [5.74, 6) is 0.872. The molecule has 0 aliphatic rings. The molecule has 23 heavy (non-hydrogen) atoms. The Morgan fingerprint density at radius 2 is 1.83 bits per heavy atom. The van der Waals surface area contributed by atoms with Crippen LogP contribution in [0.2, 0.25) is 0 Å². The monoisotopic (exact) mass is 331 g/mol. The maximum absolute atomic E-state index is 12.8. The molecule has 0 aromatic heterocycles. The van der Waals surface area contributed by atoms with Gasteiger partial charge in [0, 0.05) is 29.5 Å². The summed E-state index contributed by atoms with van der Waals surface area (Å²) in [4.78, 5) is 12.9. The zero-order chi connectivity index (χ0) is 16.5. The average molecular weight is 331 g/mol. The van der Waals surface area contributed by atoms with Gasteiger partial charge in [-0.25, -0.2) is 4.39 Å². The first-order valence-corrected chi connectivity index (χ1v) is 8.87. The molecule has 0 bridgehead atoms. The van der Waals surface area contributed by atoms with Gasteiger partial charge in [0.25, 0.3) is 0 Å². The SMILES string of the molecule is CCC(CNC(=O)CCSc1ccc(F)cc1)c1ccccc1. The summed E-state index contributed by atoms with van der Waals surface area (Å²) in [5.41, 5.74) is 1.26. The lowest BCUT2D eigenvalue weighted by Gasteiger charge is -2.16. The van der Waals surface area contributed by atoms with Crippen molar-refractivity contribution in [2.75, 3.05) is 12.3 Å². The molecule has 0 saturated carbocycles. The van der Waals surface area contributed by atoms with Crippen LogP contribution in [0.1, 0.15) is 31.2 Å². The third kappa shape index (κ3) is 6.06.